The van der Waals surface area contributed by atoms with Crippen LogP contribution in [0.25, 0.3) is 0 Å². The van der Waals surface area contributed by atoms with E-state index in [9.17, 15) is 14.6 Å². The molecule has 0 aromatic rings. The van der Waals surface area contributed by atoms with Crippen molar-refractivity contribution >= 4 is 0 Å². The molecule has 9 atom stereocenters. The van der Waals surface area contributed by atoms with E-state index >= 15 is 0 Å². The summed E-state index contributed by atoms with van der Waals surface area (Å²) in [6, 6.07) is 0. The van der Waals surface area contributed by atoms with Crippen molar-refractivity contribution in [3.8, 4) is 0 Å². The molecule has 30 heavy (non-hydrogen) atoms. The first-order chi connectivity index (χ1) is 14.0. The van der Waals surface area contributed by atoms with E-state index in [1.807, 2.05) is 0 Å². The molecular formula is C27H45FO2. The molecule has 4 aliphatic rings. The first-order valence-electron chi connectivity index (χ1n) is 12.7. The summed E-state index contributed by atoms with van der Waals surface area (Å²) in [7, 11) is 0. The predicted octanol–water partition coefficient (Wildman–Crippen LogP) is 6.45. The molecule has 0 spiro atoms. The minimum Gasteiger partial charge on any atom is -0.393 e. The topological polar surface area (TPSA) is 40.5 Å². The largest absolute Gasteiger partial charge is 0.393 e. The molecule has 0 radical (unpaired) electrons. The van der Waals surface area contributed by atoms with Gasteiger partial charge in [0.25, 0.3) is 0 Å². The molecule has 0 saturated heterocycles. The fourth-order valence-electron chi connectivity index (χ4n) is 8.58. The maximum absolute atomic E-state index is 14.4. The van der Waals surface area contributed by atoms with Crippen LogP contribution in [0.5, 0.6) is 0 Å². The van der Waals surface area contributed by atoms with E-state index in [-0.39, 0.29) is 6.10 Å². The van der Waals surface area contributed by atoms with Crippen LogP contribution in [0, 0.1) is 40.4 Å². The SMILES string of the molecule is C[C@H](CCC(F)C(C)(C)O)[C@H]1CC[C@H]2[C@@H]3CC=C4C[C@@H](O)CC[C@]4(C)[C@H]3CC[C@]12C. The third-order valence-electron chi connectivity index (χ3n) is 10.5. The summed E-state index contributed by atoms with van der Waals surface area (Å²) in [6.45, 7) is 10.6. The lowest BCUT2D eigenvalue weighted by Crippen LogP contribution is -2.50. The van der Waals surface area contributed by atoms with Crippen LogP contribution in [0.3, 0.4) is 0 Å². The highest BCUT2D eigenvalue weighted by atomic mass is 19.1. The monoisotopic (exact) mass is 420 g/mol. The minimum atomic E-state index is -1.23. The molecule has 0 aromatic heterocycles. The first-order valence-corrected chi connectivity index (χ1v) is 12.7. The van der Waals surface area contributed by atoms with Crippen molar-refractivity contribution in [1.29, 1.82) is 0 Å². The molecule has 4 aliphatic carbocycles. The lowest BCUT2D eigenvalue weighted by Gasteiger charge is -2.58. The molecule has 0 aliphatic heterocycles. The third kappa shape index (κ3) is 3.70. The number of hydrogen-bond donors (Lipinski definition) is 2. The van der Waals surface area contributed by atoms with Crippen LogP contribution >= 0.6 is 0 Å². The third-order valence-corrected chi connectivity index (χ3v) is 10.5. The Morgan fingerprint density at radius 2 is 1.83 bits per heavy atom. The van der Waals surface area contributed by atoms with E-state index in [1.54, 1.807) is 19.4 Å². The van der Waals surface area contributed by atoms with Crippen molar-refractivity contribution in [3.63, 3.8) is 0 Å². The molecule has 0 bridgehead atoms. The highest BCUT2D eigenvalue weighted by molar-refractivity contribution is 5.25. The Balaban J connectivity index is 1.47. The molecule has 0 aromatic carbocycles. The summed E-state index contributed by atoms with van der Waals surface area (Å²) in [5.41, 5.74) is 1.02. The van der Waals surface area contributed by atoms with Crippen LogP contribution in [0.1, 0.15) is 98.8 Å². The van der Waals surface area contributed by atoms with E-state index in [0.717, 1.165) is 43.4 Å². The number of fused-ring (bicyclic) bond motifs is 5. The highest BCUT2D eigenvalue weighted by Crippen LogP contribution is 2.67. The lowest BCUT2D eigenvalue weighted by atomic mass is 9.47. The molecule has 0 amide bonds. The average molecular weight is 421 g/mol. The van der Waals surface area contributed by atoms with Gasteiger partial charge < -0.3 is 10.2 Å². The van der Waals surface area contributed by atoms with Crippen LogP contribution in [0.4, 0.5) is 4.39 Å². The Bertz CT molecular complexity index is 666. The number of alkyl halides is 1. The van der Waals surface area contributed by atoms with Gasteiger partial charge in [-0.15, -0.1) is 0 Å². The Morgan fingerprint density at radius 3 is 2.53 bits per heavy atom. The number of aliphatic hydroxyl groups excluding tert-OH is 1. The molecule has 4 rings (SSSR count). The average Bonchev–Trinajstić information content (AvgIpc) is 3.03. The Morgan fingerprint density at radius 1 is 1.10 bits per heavy atom. The number of hydrogen-bond acceptors (Lipinski definition) is 2. The zero-order valence-corrected chi connectivity index (χ0v) is 20.0. The molecule has 0 heterocycles. The second-order valence-corrected chi connectivity index (χ2v) is 12.6. The zero-order chi connectivity index (χ0) is 21.9. The summed E-state index contributed by atoms with van der Waals surface area (Å²) in [6.07, 6.45) is 12.1. The first kappa shape index (κ1) is 22.8. The zero-order valence-electron chi connectivity index (χ0n) is 20.0. The van der Waals surface area contributed by atoms with Crippen LogP contribution in [0.2, 0.25) is 0 Å². The Labute approximate surface area is 183 Å². The van der Waals surface area contributed by atoms with Crippen molar-refractivity contribution in [3.05, 3.63) is 11.6 Å². The van der Waals surface area contributed by atoms with Crippen LogP contribution in [0.15, 0.2) is 11.6 Å². The van der Waals surface area contributed by atoms with Crippen LogP contribution in [-0.2, 0) is 0 Å². The maximum Gasteiger partial charge on any atom is 0.128 e. The molecule has 3 fully saturated rings. The van der Waals surface area contributed by atoms with Crippen LogP contribution < -0.4 is 0 Å². The highest BCUT2D eigenvalue weighted by Gasteiger charge is 2.59. The maximum atomic E-state index is 14.4. The van der Waals surface area contributed by atoms with Gasteiger partial charge in [-0.3, -0.25) is 0 Å². The summed E-state index contributed by atoms with van der Waals surface area (Å²) in [5.74, 6) is 3.56. The molecule has 3 saturated carbocycles. The van der Waals surface area contributed by atoms with E-state index in [0.29, 0.717) is 29.1 Å². The van der Waals surface area contributed by atoms with Crippen molar-refractivity contribution in [2.24, 2.45) is 40.4 Å². The molecular weight excluding hydrogens is 375 g/mol. The number of aliphatic hydroxyl groups is 2. The fraction of sp³-hybridized carbons (Fsp3) is 0.926. The molecule has 2 N–H and O–H groups in total. The van der Waals surface area contributed by atoms with Gasteiger partial charge in [0.1, 0.15) is 6.17 Å². The van der Waals surface area contributed by atoms with Gasteiger partial charge in [-0.2, -0.15) is 0 Å². The number of rotatable bonds is 5. The van der Waals surface area contributed by atoms with Gasteiger partial charge in [0, 0.05) is 0 Å². The second-order valence-electron chi connectivity index (χ2n) is 12.6. The van der Waals surface area contributed by atoms with Gasteiger partial charge in [-0.25, -0.2) is 4.39 Å². The molecule has 3 heteroatoms. The van der Waals surface area contributed by atoms with Gasteiger partial charge >= 0.3 is 0 Å². The summed E-state index contributed by atoms with van der Waals surface area (Å²) in [4.78, 5) is 0. The van der Waals surface area contributed by atoms with E-state index in [1.165, 1.54) is 32.1 Å². The fourth-order valence-corrected chi connectivity index (χ4v) is 8.58. The smallest absolute Gasteiger partial charge is 0.128 e. The lowest BCUT2D eigenvalue weighted by molar-refractivity contribution is -0.0589. The molecule has 1 unspecified atom stereocenters. The number of halogens is 1. The molecule has 172 valence electrons. The predicted molar refractivity (Wildman–Crippen MR) is 121 cm³/mol. The van der Waals surface area contributed by atoms with Gasteiger partial charge in [0.15, 0.2) is 0 Å². The van der Waals surface area contributed by atoms with Crippen molar-refractivity contribution in [2.75, 3.05) is 0 Å². The summed E-state index contributed by atoms with van der Waals surface area (Å²) in [5, 5.41) is 20.2. The van der Waals surface area contributed by atoms with E-state index in [4.69, 9.17) is 0 Å². The van der Waals surface area contributed by atoms with Gasteiger partial charge in [0.05, 0.1) is 11.7 Å². The van der Waals surface area contributed by atoms with E-state index in [2.05, 4.69) is 26.8 Å². The van der Waals surface area contributed by atoms with E-state index < -0.39 is 11.8 Å². The van der Waals surface area contributed by atoms with Gasteiger partial charge in [-0.05, 0) is 118 Å². The normalized spacial score (nSPS) is 45.7. The molecule has 2 nitrogen and oxygen atoms in total. The van der Waals surface area contributed by atoms with Crippen molar-refractivity contribution in [2.45, 2.75) is 117 Å². The summed E-state index contributed by atoms with van der Waals surface area (Å²) >= 11 is 0. The second kappa shape index (κ2) is 7.87. The number of allylic oxidation sites excluding steroid dienone is 1. The van der Waals surface area contributed by atoms with Gasteiger partial charge in [-0.1, -0.05) is 32.4 Å². The van der Waals surface area contributed by atoms with Crippen LogP contribution in [-0.4, -0.2) is 28.1 Å². The van der Waals surface area contributed by atoms with Crippen molar-refractivity contribution < 1.29 is 14.6 Å². The quantitative estimate of drug-likeness (QED) is 0.502. The van der Waals surface area contributed by atoms with Crippen molar-refractivity contribution in [1.82, 2.24) is 0 Å². The standard InChI is InChI=1S/C27H45FO2/c1-17(6-11-24(28)25(2,3)30)21-9-10-22-20-8-7-18-16-19(29)12-14-26(18,4)23(20)13-15-27(21,22)5/h7,17,19-24,29-30H,6,8-16H2,1-5H3/t17-,19+,20+,21-,22+,23+,24?,26+,27-/m1/s1. The summed E-state index contributed by atoms with van der Waals surface area (Å²) < 4.78 is 14.4. The minimum absolute atomic E-state index is 0.130. The Hall–Kier alpha value is -0.410. The van der Waals surface area contributed by atoms with Gasteiger partial charge in [0.2, 0.25) is 0 Å². The Kier molecular flexibility index (Phi) is 5.97.